The van der Waals surface area contributed by atoms with Crippen molar-refractivity contribution in [3.8, 4) is 0 Å². The molecule has 6 nitrogen and oxygen atoms in total. The summed E-state index contributed by atoms with van der Waals surface area (Å²) in [6, 6.07) is 0. The van der Waals surface area contributed by atoms with Gasteiger partial charge in [0.25, 0.3) is 0 Å². The quantitative estimate of drug-likeness (QED) is 0.438. The van der Waals surface area contributed by atoms with Crippen LogP contribution in [0, 0.1) is 5.41 Å². The maximum atomic E-state index is 11.1. The molecule has 146 valence electrons. The van der Waals surface area contributed by atoms with E-state index in [2.05, 4.69) is 20.6 Å². The number of hydrogen-bond donors (Lipinski definition) is 2. The summed E-state index contributed by atoms with van der Waals surface area (Å²) in [6.07, 6.45) is 19.2. The fourth-order valence-corrected chi connectivity index (χ4v) is 4.20. The lowest BCUT2D eigenvalue weighted by atomic mass is 9.96. The van der Waals surface area contributed by atoms with Gasteiger partial charge in [0.05, 0.1) is 5.41 Å². The van der Waals surface area contributed by atoms with Crippen molar-refractivity contribution in [3.05, 3.63) is 5.82 Å². The molecule has 1 aromatic rings. The summed E-state index contributed by atoms with van der Waals surface area (Å²) in [5, 5.41) is 23.6. The summed E-state index contributed by atoms with van der Waals surface area (Å²) in [5.74, 6) is 0.427. The molecule has 6 heteroatoms. The highest BCUT2D eigenvalue weighted by Gasteiger charge is 2.49. The predicted octanol–water partition coefficient (Wildman–Crippen LogP) is 4.78. The largest absolute Gasteiger partial charge is 0.481 e. The van der Waals surface area contributed by atoms with Crippen LogP contribution >= 0.6 is 0 Å². The van der Waals surface area contributed by atoms with Crippen molar-refractivity contribution < 1.29 is 9.90 Å². The molecule has 26 heavy (non-hydrogen) atoms. The van der Waals surface area contributed by atoms with Crippen molar-refractivity contribution in [2.24, 2.45) is 5.41 Å². The zero-order valence-corrected chi connectivity index (χ0v) is 16.0. The average molecular weight is 363 g/mol. The molecule has 2 aliphatic rings. The minimum absolute atomic E-state index is 0.281. The Bertz CT molecular complexity index is 550. The number of H-pyrrole nitrogens is 1. The lowest BCUT2D eigenvalue weighted by Crippen LogP contribution is -2.14. The van der Waals surface area contributed by atoms with Gasteiger partial charge in [0.2, 0.25) is 0 Å². The predicted molar refractivity (Wildman–Crippen MR) is 99.8 cm³/mol. The van der Waals surface area contributed by atoms with Crippen molar-refractivity contribution in [3.63, 3.8) is 0 Å². The van der Waals surface area contributed by atoms with Gasteiger partial charge in [0, 0.05) is 5.41 Å². The van der Waals surface area contributed by atoms with Gasteiger partial charge in [-0.05, 0) is 49.0 Å². The second-order valence-electron chi connectivity index (χ2n) is 8.65. The van der Waals surface area contributed by atoms with Crippen LogP contribution in [-0.4, -0.2) is 31.7 Å². The van der Waals surface area contributed by atoms with Gasteiger partial charge < -0.3 is 5.11 Å². The van der Waals surface area contributed by atoms with E-state index in [9.17, 15) is 4.79 Å². The van der Waals surface area contributed by atoms with E-state index in [0.29, 0.717) is 0 Å². The molecule has 0 saturated heterocycles. The molecule has 0 radical (unpaired) electrons. The molecule has 0 aliphatic heterocycles. The summed E-state index contributed by atoms with van der Waals surface area (Å²) < 4.78 is 0. The number of aliphatic carboxylic acids is 1. The number of carbonyl (C=O) groups is 1. The number of carboxylic acids is 1. The molecule has 2 saturated carbocycles. The zero-order valence-electron chi connectivity index (χ0n) is 16.0. The second kappa shape index (κ2) is 8.96. The topological polar surface area (TPSA) is 91.8 Å². The average Bonchev–Trinajstić information content (AvgIpc) is 3.54. The molecule has 0 aromatic carbocycles. The molecular formula is C20H34N4O2. The van der Waals surface area contributed by atoms with Crippen molar-refractivity contribution >= 4 is 5.97 Å². The van der Waals surface area contributed by atoms with E-state index < -0.39 is 5.97 Å². The number of hydrogen-bond acceptors (Lipinski definition) is 4. The number of nitrogens with one attached hydrogen (secondary N) is 1. The van der Waals surface area contributed by atoms with Gasteiger partial charge in [-0.15, -0.1) is 5.10 Å². The summed E-state index contributed by atoms with van der Waals surface area (Å²) in [5.41, 5.74) is -0.0355. The number of aromatic amines is 1. The van der Waals surface area contributed by atoms with Gasteiger partial charge in [0.1, 0.15) is 0 Å². The first-order valence-corrected chi connectivity index (χ1v) is 10.6. The summed E-state index contributed by atoms with van der Waals surface area (Å²) in [7, 11) is 0. The molecule has 1 aromatic heterocycles. The monoisotopic (exact) mass is 362 g/mol. The van der Waals surface area contributed by atoms with Crippen LogP contribution in [0.2, 0.25) is 0 Å². The highest BCUT2D eigenvalue weighted by molar-refractivity contribution is 5.77. The van der Waals surface area contributed by atoms with Gasteiger partial charge >= 0.3 is 5.97 Å². The van der Waals surface area contributed by atoms with Crippen LogP contribution in [0.4, 0.5) is 0 Å². The van der Waals surface area contributed by atoms with Crippen LogP contribution in [0.25, 0.3) is 0 Å². The second-order valence-corrected chi connectivity index (χ2v) is 8.65. The number of nitrogens with zero attached hydrogens (tertiary/aromatic N) is 3. The molecule has 0 bridgehead atoms. The van der Waals surface area contributed by atoms with E-state index in [-0.39, 0.29) is 10.8 Å². The third-order valence-electron chi connectivity index (χ3n) is 6.57. The maximum Gasteiger partial charge on any atom is 0.309 e. The van der Waals surface area contributed by atoms with Crippen LogP contribution < -0.4 is 0 Å². The van der Waals surface area contributed by atoms with Gasteiger partial charge in [-0.25, -0.2) is 5.10 Å². The van der Waals surface area contributed by atoms with Crippen LogP contribution in [0.15, 0.2) is 0 Å². The fraction of sp³-hybridized carbons (Fsp3) is 0.900. The van der Waals surface area contributed by atoms with Crippen LogP contribution in [0.1, 0.15) is 109 Å². The normalized spacial score (nSPS) is 19.4. The standard InChI is InChI=1S/C20H34N4O2/c25-18(26)20(15-16-20)12-10-8-6-4-2-1-3-5-7-9-11-19(13-14-19)17-21-23-24-22-17/h1-16H2,(H,25,26)(H,21,22,23,24). The molecule has 3 rings (SSSR count). The van der Waals surface area contributed by atoms with E-state index in [1.807, 2.05) is 0 Å². The minimum Gasteiger partial charge on any atom is -0.481 e. The number of rotatable bonds is 15. The first-order chi connectivity index (χ1) is 12.7. The Hall–Kier alpha value is -1.46. The minimum atomic E-state index is -0.567. The van der Waals surface area contributed by atoms with E-state index in [1.165, 1.54) is 77.0 Å². The van der Waals surface area contributed by atoms with Crippen molar-refractivity contribution in [1.29, 1.82) is 0 Å². The summed E-state index contributed by atoms with van der Waals surface area (Å²) in [6.45, 7) is 0. The lowest BCUT2D eigenvalue weighted by Gasteiger charge is -2.10. The highest BCUT2D eigenvalue weighted by atomic mass is 16.4. The molecule has 0 atom stereocenters. The smallest absolute Gasteiger partial charge is 0.309 e. The van der Waals surface area contributed by atoms with E-state index >= 15 is 0 Å². The molecule has 1 heterocycles. The Morgan fingerprint density at radius 1 is 0.846 bits per heavy atom. The van der Waals surface area contributed by atoms with E-state index in [4.69, 9.17) is 5.11 Å². The van der Waals surface area contributed by atoms with Crippen LogP contribution in [0.5, 0.6) is 0 Å². The third kappa shape index (κ3) is 5.27. The van der Waals surface area contributed by atoms with Gasteiger partial charge in [-0.2, -0.15) is 0 Å². The molecule has 0 amide bonds. The molecule has 2 aliphatic carbocycles. The lowest BCUT2D eigenvalue weighted by molar-refractivity contribution is -0.143. The zero-order chi connectivity index (χ0) is 18.3. The fourth-order valence-electron chi connectivity index (χ4n) is 4.20. The number of tetrazole rings is 1. The first kappa shape index (κ1) is 19.3. The third-order valence-corrected chi connectivity index (χ3v) is 6.57. The SMILES string of the molecule is O=C(O)C1(CCCCCCCCCCCCC2(c3nnn[nH]3)CC2)CC1. The summed E-state index contributed by atoms with van der Waals surface area (Å²) in [4.78, 5) is 11.1. The summed E-state index contributed by atoms with van der Waals surface area (Å²) >= 11 is 0. The highest BCUT2D eigenvalue weighted by Crippen LogP contribution is 2.50. The Morgan fingerprint density at radius 2 is 1.38 bits per heavy atom. The van der Waals surface area contributed by atoms with Gasteiger partial charge in [0.15, 0.2) is 5.82 Å². The Kier molecular flexibility index (Phi) is 6.65. The van der Waals surface area contributed by atoms with Gasteiger partial charge in [-0.1, -0.05) is 64.2 Å². The first-order valence-electron chi connectivity index (χ1n) is 10.6. The molecule has 0 spiro atoms. The van der Waals surface area contributed by atoms with E-state index in [1.54, 1.807) is 0 Å². The maximum absolute atomic E-state index is 11.1. The number of carboxylic acid groups (broad SMARTS) is 1. The van der Waals surface area contributed by atoms with Crippen LogP contribution in [-0.2, 0) is 10.2 Å². The number of aromatic nitrogens is 4. The van der Waals surface area contributed by atoms with Crippen molar-refractivity contribution in [2.45, 2.75) is 108 Å². The van der Waals surface area contributed by atoms with Crippen molar-refractivity contribution in [2.75, 3.05) is 0 Å². The Labute approximate surface area is 156 Å². The Balaban J connectivity index is 1.09. The molecule has 2 fully saturated rings. The number of unbranched alkanes of at least 4 members (excludes halogenated alkanes) is 9. The van der Waals surface area contributed by atoms with Gasteiger partial charge in [-0.3, -0.25) is 4.79 Å². The Morgan fingerprint density at radius 3 is 1.81 bits per heavy atom. The molecule has 2 N–H and O–H groups in total. The molecule has 0 unspecified atom stereocenters. The van der Waals surface area contributed by atoms with Crippen LogP contribution in [0.3, 0.4) is 0 Å². The van der Waals surface area contributed by atoms with Crippen molar-refractivity contribution in [1.82, 2.24) is 20.6 Å². The van der Waals surface area contributed by atoms with E-state index in [0.717, 1.165) is 31.5 Å². The molecular weight excluding hydrogens is 328 g/mol.